The van der Waals surface area contributed by atoms with Gasteiger partial charge in [-0.1, -0.05) is 43.2 Å². The molecule has 2 saturated carbocycles. The van der Waals surface area contributed by atoms with E-state index in [1.54, 1.807) is 0 Å². The van der Waals surface area contributed by atoms with Crippen LogP contribution in [0.2, 0.25) is 0 Å². The van der Waals surface area contributed by atoms with Gasteiger partial charge in [0.25, 0.3) is 0 Å². The summed E-state index contributed by atoms with van der Waals surface area (Å²) in [6.07, 6.45) is 8.13. The summed E-state index contributed by atoms with van der Waals surface area (Å²) in [5, 5.41) is 3.74. The number of hydrogen-bond donors (Lipinski definition) is 1. The third-order valence-corrected chi connectivity index (χ3v) is 4.70. The molecule has 3 rings (SSSR count). The fourth-order valence-corrected chi connectivity index (χ4v) is 3.33. The van der Waals surface area contributed by atoms with Crippen LogP contribution in [0.5, 0.6) is 0 Å². The second-order valence-electron chi connectivity index (χ2n) is 6.38. The van der Waals surface area contributed by atoms with Gasteiger partial charge in [0.05, 0.1) is 6.61 Å². The topological polar surface area (TPSA) is 21.3 Å². The number of benzene rings is 1. The molecule has 0 amide bonds. The van der Waals surface area contributed by atoms with E-state index in [1.165, 1.54) is 44.1 Å². The molecule has 2 nitrogen and oxygen atoms in total. The lowest BCUT2D eigenvalue weighted by atomic mass is 9.80. The van der Waals surface area contributed by atoms with E-state index in [1.807, 2.05) is 0 Å². The van der Waals surface area contributed by atoms with Gasteiger partial charge in [-0.3, -0.25) is 0 Å². The molecule has 1 N–H and O–H groups in total. The van der Waals surface area contributed by atoms with Crippen LogP contribution in [0.4, 0.5) is 0 Å². The molecule has 0 radical (unpaired) electrons. The molecule has 0 spiro atoms. The van der Waals surface area contributed by atoms with E-state index in [0.717, 1.165) is 25.7 Å². The lowest BCUT2D eigenvalue weighted by Gasteiger charge is -2.32. The Morgan fingerprint density at radius 2 is 1.80 bits per heavy atom. The maximum atomic E-state index is 5.73. The zero-order valence-electron chi connectivity index (χ0n) is 12.4. The van der Waals surface area contributed by atoms with Crippen molar-refractivity contribution in [1.82, 2.24) is 5.32 Å². The van der Waals surface area contributed by atoms with Crippen LogP contribution in [0.1, 0.15) is 50.0 Å². The van der Waals surface area contributed by atoms with Crippen LogP contribution in [0.25, 0.3) is 0 Å². The van der Waals surface area contributed by atoms with E-state index in [4.69, 9.17) is 4.74 Å². The third kappa shape index (κ3) is 4.07. The van der Waals surface area contributed by atoms with Crippen molar-refractivity contribution in [3.8, 4) is 0 Å². The smallest absolute Gasteiger partial charge is 0.0591 e. The second kappa shape index (κ2) is 7.24. The molecule has 0 bridgehead atoms. The van der Waals surface area contributed by atoms with Crippen LogP contribution >= 0.6 is 0 Å². The maximum Gasteiger partial charge on any atom is 0.0591 e. The van der Waals surface area contributed by atoms with Crippen LogP contribution in [-0.2, 0) is 4.74 Å². The van der Waals surface area contributed by atoms with Gasteiger partial charge < -0.3 is 10.1 Å². The highest BCUT2D eigenvalue weighted by Gasteiger charge is 2.26. The van der Waals surface area contributed by atoms with Gasteiger partial charge in [-0.05, 0) is 43.1 Å². The molecule has 110 valence electrons. The van der Waals surface area contributed by atoms with E-state index >= 15 is 0 Å². The highest BCUT2D eigenvalue weighted by atomic mass is 16.5. The van der Waals surface area contributed by atoms with Crippen molar-refractivity contribution in [2.45, 2.75) is 50.5 Å². The summed E-state index contributed by atoms with van der Waals surface area (Å²) in [5.74, 6) is 1.56. The Labute approximate surface area is 122 Å². The minimum Gasteiger partial charge on any atom is -0.380 e. The molecule has 1 aromatic rings. The van der Waals surface area contributed by atoms with Crippen molar-refractivity contribution in [3.05, 3.63) is 35.9 Å². The summed E-state index contributed by atoms with van der Waals surface area (Å²) in [7, 11) is 0. The number of nitrogens with one attached hydrogen (secondary N) is 1. The summed E-state index contributed by atoms with van der Waals surface area (Å²) >= 11 is 0. The minimum atomic E-state index is 0.635. The van der Waals surface area contributed by atoms with E-state index in [2.05, 4.69) is 35.6 Å². The third-order valence-electron chi connectivity index (χ3n) is 4.70. The van der Waals surface area contributed by atoms with E-state index < -0.39 is 0 Å². The van der Waals surface area contributed by atoms with Gasteiger partial charge in [-0.25, -0.2) is 0 Å². The van der Waals surface area contributed by atoms with Gasteiger partial charge in [-0.2, -0.15) is 0 Å². The quantitative estimate of drug-likeness (QED) is 0.764. The predicted octanol–water partition coefficient (Wildman–Crippen LogP) is 3.73. The normalized spacial score (nSPS) is 26.6. The predicted molar refractivity (Wildman–Crippen MR) is 83.0 cm³/mol. The van der Waals surface area contributed by atoms with Gasteiger partial charge in [0, 0.05) is 19.2 Å². The first kappa shape index (κ1) is 14.1. The Balaban J connectivity index is 1.45. The molecule has 2 aliphatic carbocycles. The molecule has 2 aliphatic rings. The van der Waals surface area contributed by atoms with Crippen LogP contribution in [0.3, 0.4) is 0 Å². The van der Waals surface area contributed by atoms with E-state index in [0.29, 0.717) is 12.0 Å². The zero-order valence-corrected chi connectivity index (χ0v) is 12.4. The monoisotopic (exact) mass is 273 g/mol. The second-order valence-corrected chi connectivity index (χ2v) is 6.38. The number of ether oxygens (including phenoxy) is 1. The molecule has 1 aromatic carbocycles. The van der Waals surface area contributed by atoms with Crippen molar-refractivity contribution in [2.75, 3.05) is 19.8 Å². The van der Waals surface area contributed by atoms with Crippen molar-refractivity contribution in [2.24, 2.45) is 5.92 Å². The molecule has 2 heteroatoms. The van der Waals surface area contributed by atoms with Crippen LogP contribution in [0, 0.1) is 5.92 Å². The Bertz CT molecular complexity index is 388. The molecule has 2 atom stereocenters. The summed E-state index contributed by atoms with van der Waals surface area (Å²) in [6.45, 7) is 2.85. The fourth-order valence-electron chi connectivity index (χ4n) is 3.33. The SMILES string of the molecule is c1ccc(C2CCCCC2NCCOCC2CC2)cc1. The molecular weight excluding hydrogens is 246 g/mol. The van der Waals surface area contributed by atoms with Crippen LogP contribution < -0.4 is 5.32 Å². The largest absolute Gasteiger partial charge is 0.380 e. The summed E-state index contributed by atoms with van der Waals surface area (Å²) in [6, 6.07) is 11.7. The average Bonchev–Trinajstić information content (AvgIpc) is 3.32. The maximum absolute atomic E-state index is 5.73. The van der Waals surface area contributed by atoms with Gasteiger partial charge in [0.2, 0.25) is 0 Å². The van der Waals surface area contributed by atoms with E-state index in [9.17, 15) is 0 Å². The molecule has 0 saturated heterocycles. The first-order chi connectivity index (χ1) is 9.93. The van der Waals surface area contributed by atoms with Crippen molar-refractivity contribution in [3.63, 3.8) is 0 Å². The molecular formula is C18H27NO. The van der Waals surface area contributed by atoms with Crippen molar-refractivity contribution >= 4 is 0 Å². The van der Waals surface area contributed by atoms with Crippen molar-refractivity contribution < 1.29 is 4.74 Å². The van der Waals surface area contributed by atoms with Crippen LogP contribution in [-0.4, -0.2) is 25.8 Å². The molecule has 0 aromatic heterocycles. The Morgan fingerprint density at radius 1 is 1.00 bits per heavy atom. The van der Waals surface area contributed by atoms with Crippen LogP contribution in [0.15, 0.2) is 30.3 Å². The zero-order chi connectivity index (χ0) is 13.6. The van der Waals surface area contributed by atoms with Gasteiger partial charge in [0.15, 0.2) is 0 Å². The minimum absolute atomic E-state index is 0.635. The average molecular weight is 273 g/mol. The Morgan fingerprint density at radius 3 is 2.60 bits per heavy atom. The number of rotatable bonds is 7. The number of hydrogen-bond acceptors (Lipinski definition) is 2. The first-order valence-corrected chi connectivity index (χ1v) is 8.29. The first-order valence-electron chi connectivity index (χ1n) is 8.29. The highest BCUT2D eigenvalue weighted by Crippen LogP contribution is 2.33. The lowest BCUT2D eigenvalue weighted by molar-refractivity contribution is 0.121. The molecule has 2 unspecified atom stereocenters. The molecule has 0 heterocycles. The molecule has 20 heavy (non-hydrogen) atoms. The van der Waals surface area contributed by atoms with Gasteiger partial charge in [0.1, 0.15) is 0 Å². The van der Waals surface area contributed by atoms with Crippen molar-refractivity contribution in [1.29, 1.82) is 0 Å². The van der Waals surface area contributed by atoms with E-state index in [-0.39, 0.29) is 0 Å². The summed E-state index contributed by atoms with van der Waals surface area (Å²) in [5.41, 5.74) is 1.50. The molecule has 0 aliphatic heterocycles. The highest BCUT2D eigenvalue weighted by molar-refractivity contribution is 5.21. The van der Waals surface area contributed by atoms with Gasteiger partial charge >= 0.3 is 0 Å². The Hall–Kier alpha value is -0.860. The fraction of sp³-hybridized carbons (Fsp3) is 0.667. The Kier molecular flexibility index (Phi) is 5.10. The van der Waals surface area contributed by atoms with Gasteiger partial charge in [-0.15, -0.1) is 0 Å². The summed E-state index contributed by atoms with van der Waals surface area (Å²) < 4.78 is 5.73. The lowest BCUT2D eigenvalue weighted by Crippen LogP contribution is -2.39. The molecule has 2 fully saturated rings. The summed E-state index contributed by atoms with van der Waals surface area (Å²) in [4.78, 5) is 0. The standard InChI is InChI=1S/C18H27NO/c1-2-6-16(7-3-1)17-8-4-5-9-18(17)19-12-13-20-14-15-10-11-15/h1-3,6-7,15,17-19H,4-5,8-14H2.